The van der Waals surface area contributed by atoms with Gasteiger partial charge in [0.15, 0.2) is 0 Å². The average molecular weight is 292 g/mol. The Hall–Kier alpha value is -0.0600. The maximum Gasteiger partial charge on any atom is 0.124 e. The average Bonchev–Trinajstić information content (AvgIpc) is 2.17. The van der Waals surface area contributed by atoms with E-state index < -0.39 is 0 Å². The van der Waals surface area contributed by atoms with Gasteiger partial charge < -0.3 is 5.32 Å². The van der Waals surface area contributed by atoms with E-state index in [0.29, 0.717) is 6.04 Å². The van der Waals surface area contributed by atoms with E-state index >= 15 is 0 Å². The van der Waals surface area contributed by atoms with Crippen LogP contribution < -0.4 is 5.32 Å². The van der Waals surface area contributed by atoms with Crippen LogP contribution in [0.4, 0.5) is 4.39 Å². The fourth-order valence-electron chi connectivity index (χ4n) is 1.26. The lowest BCUT2D eigenvalue weighted by molar-refractivity contribution is 0.591. The summed E-state index contributed by atoms with van der Waals surface area (Å²) in [6.07, 6.45) is 2.09. The molecule has 0 aromatic heterocycles. The van der Waals surface area contributed by atoms with E-state index in [-0.39, 0.29) is 5.82 Å². The Kier molecular flexibility index (Phi) is 5.64. The Morgan fingerprint density at radius 3 is 2.87 bits per heavy atom. The Morgan fingerprint density at radius 2 is 2.27 bits per heavy atom. The fourth-order valence-corrected chi connectivity index (χ4v) is 2.37. The summed E-state index contributed by atoms with van der Waals surface area (Å²) in [4.78, 5) is 0. The number of rotatable bonds is 5. The van der Waals surface area contributed by atoms with Crippen LogP contribution in [-0.2, 0) is 6.54 Å². The van der Waals surface area contributed by atoms with E-state index in [4.69, 9.17) is 0 Å². The smallest absolute Gasteiger partial charge is 0.124 e. The van der Waals surface area contributed by atoms with Gasteiger partial charge in [0.05, 0.1) is 0 Å². The Bertz CT molecular complexity index is 319. The summed E-state index contributed by atoms with van der Waals surface area (Å²) in [7, 11) is 0. The van der Waals surface area contributed by atoms with Crippen LogP contribution in [0.25, 0.3) is 0 Å². The highest BCUT2D eigenvalue weighted by atomic mass is 79.9. The van der Waals surface area contributed by atoms with Crippen LogP contribution in [-0.4, -0.2) is 18.1 Å². The molecule has 0 aliphatic heterocycles. The first kappa shape index (κ1) is 13.0. The third-order valence-electron chi connectivity index (χ3n) is 2.07. The Labute approximate surface area is 103 Å². The van der Waals surface area contributed by atoms with Crippen molar-refractivity contribution in [3.8, 4) is 0 Å². The normalized spacial score (nSPS) is 12.8. The first-order chi connectivity index (χ1) is 7.13. The Balaban J connectivity index is 2.50. The minimum atomic E-state index is -0.206. The van der Waals surface area contributed by atoms with Crippen LogP contribution >= 0.6 is 27.7 Å². The molecule has 0 saturated heterocycles. The zero-order valence-electron chi connectivity index (χ0n) is 8.89. The van der Waals surface area contributed by atoms with Crippen LogP contribution in [0.15, 0.2) is 22.7 Å². The fraction of sp³-hybridized carbons (Fsp3) is 0.455. The number of hydrogen-bond acceptors (Lipinski definition) is 2. The molecule has 84 valence electrons. The van der Waals surface area contributed by atoms with Crippen LogP contribution in [0.5, 0.6) is 0 Å². The van der Waals surface area contributed by atoms with Gasteiger partial charge in [0.25, 0.3) is 0 Å². The van der Waals surface area contributed by atoms with Gasteiger partial charge in [-0.2, -0.15) is 11.8 Å². The summed E-state index contributed by atoms with van der Waals surface area (Å²) in [6.45, 7) is 2.91. The minimum Gasteiger partial charge on any atom is -0.309 e. The van der Waals surface area contributed by atoms with E-state index in [1.54, 1.807) is 6.07 Å². The van der Waals surface area contributed by atoms with Gasteiger partial charge in [-0.05, 0) is 30.9 Å². The monoisotopic (exact) mass is 291 g/mol. The summed E-state index contributed by atoms with van der Waals surface area (Å²) in [6, 6.07) is 5.26. The molecule has 0 amide bonds. The maximum absolute atomic E-state index is 12.8. The van der Waals surface area contributed by atoms with Gasteiger partial charge >= 0.3 is 0 Å². The van der Waals surface area contributed by atoms with Crippen molar-refractivity contribution in [2.24, 2.45) is 0 Å². The highest BCUT2D eigenvalue weighted by molar-refractivity contribution is 9.10. The van der Waals surface area contributed by atoms with Crippen molar-refractivity contribution in [2.75, 3.05) is 12.0 Å². The van der Waals surface area contributed by atoms with E-state index in [9.17, 15) is 4.39 Å². The summed E-state index contributed by atoms with van der Waals surface area (Å²) in [5.74, 6) is 0.876. The van der Waals surface area contributed by atoms with Crippen molar-refractivity contribution in [3.05, 3.63) is 34.1 Å². The molecule has 1 aromatic rings. The number of halogens is 2. The third kappa shape index (κ3) is 4.53. The second-order valence-electron chi connectivity index (χ2n) is 3.47. The quantitative estimate of drug-likeness (QED) is 0.892. The van der Waals surface area contributed by atoms with E-state index in [1.165, 1.54) is 12.1 Å². The standard InChI is InChI=1S/C11H15BrFNS/c1-8(7-15-2)14-6-9-3-4-10(13)5-11(9)12/h3-5,8,14H,6-7H2,1-2H3. The van der Waals surface area contributed by atoms with Crippen molar-refractivity contribution < 1.29 is 4.39 Å². The van der Waals surface area contributed by atoms with Crippen LogP contribution in [0, 0.1) is 5.82 Å². The number of thioether (sulfide) groups is 1. The van der Waals surface area contributed by atoms with Gasteiger partial charge in [0, 0.05) is 22.8 Å². The van der Waals surface area contributed by atoms with Crippen molar-refractivity contribution in [3.63, 3.8) is 0 Å². The predicted octanol–water partition coefficient (Wildman–Crippen LogP) is 3.43. The second-order valence-corrected chi connectivity index (χ2v) is 5.24. The molecule has 0 heterocycles. The molecular weight excluding hydrogens is 277 g/mol. The molecule has 1 unspecified atom stereocenters. The maximum atomic E-state index is 12.8. The molecule has 1 aromatic carbocycles. The van der Waals surface area contributed by atoms with Gasteiger partial charge in [-0.3, -0.25) is 0 Å². The van der Waals surface area contributed by atoms with Crippen LogP contribution in [0.2, 0.25) is 0 Å². The largest absolute Gasteiger partial charge is 0.309 e. The Morgan fingerprint density at radius 1 is 1.53 bits per heavy atom. The molecule has 0 radical (unpaired) electrons. The first-order valence-corrected chi connectivity index (χ1v) is 6.98. The molecule has 0 aliphatic rings. The summed E-state index contributed by atoms with van der Waals surface area (Å²) < 4.78 is 13.6. The highest BCUT2D eigenvalue weighted by Crippen LogP contribution is 2.17. The third-order valence-corrected chi connectivity index (χ3v) is 3.64. The van der Waals surface area contributed by atoms with Gasteiger partial charge in [-0.25, -0.2) is 4.39 Å². The molecule has 0 spiro atoms. The minimum absolute atomic E-state index is 0.206. The van der Waals surface area contributed by atoms with E-state index in [0.717, 1.165) is 22.3 Å². The van der Waals surface area contributed by atoms with Gasteiger partial charge in [0.2, 0.25) is 0 Å². The molecule has 1 N–H and O–H groups in total. The number of benzene rings is 1. The number of hydrogen-bond donors (Lipinski definition) is 1. The molecule has 4 heteroatoms. The summed E-state index contributed by atoms with van der Waals surface area (Å²) >= 11 is 5.17. The second kappa shape index (κ2) is 6.51. The molecule has 0 saturated carbocycles. The van der Waals surface area contributed by atoms with E-state index in [1.807, 2.05) is 11.8 Å². The molecular formula is C11H15BrFNS. The summed E-state index contributed by atoms with van der Waals surface area (Å²) in [5, 5.41) is 3.39. The predicted molar refractivity (Wildman–Crippen MR) is 68.8 cm³/mol. The van der Waals surface area contributed by atoms with Crippen molar-refractivity contribution in [2.45, 2.75) is 19.5 Å². The molecule has 1 nitrogen and oxygen atoms in total. The first-order valence-electron chi connectivity index (χ1n) is 4.79. The molecule has 0 aliphatic carbocycles. The highest BCUT2D eigenvalue weighted by Gasteiger charge is 2.04. The summed E-state index contributed by atoms with van der Waals surface area (Å²) in [5.41, 5.74) is 1.09. The molecule has 15 heavy (non-hydrogen) atoms. The zero-order chi connectivity index (χ0) is 11.3. The van der Waals surface area contributed by atoms with Crippen LogP contribution in [0.1, 0.15) is 12.5 Å². The lowest BCUT2D eigenvalue weighted by Crippen LogP contribution is -2.27. The van der Waals surface area contributed by atoms with Crippen molar-refractivity contribution in [1.82, 2.24) is 5.32 Å². The molecule has 0 fully saturated rings. The SMILES string of the molecule is CSCC(C)NCc1ccc(F)cc1Br. The van der Waals surface area contributed by atoms with E-state index in [2.05, 4.69) is 34.4 Å². The van der Waals surface area contributed by atoms with Gasteiger partial charge in [-0.1, -0.05) is 22.0 Å². The van der Waals surface area contributed by atoms with Crippen molar-refractivity contribution in [1.29, 1.82) is 0 Å². The lowest BCUT2D eigenvalue weighted by atomic mass is 10.2. The lowest BCUT2D eigenvalue weighted by Gasteiger charge is -2.13. The topological polar surface area (TPSA) is 12.0 Å². The zero-order valence-corrected chi connectivity index (χ0v) is 11.3. The molecule has 1 atom stereocenters. The van der Waals surface area contributed by atoms with Crippen molar-refractivity contribution >= 4 is 27.7 Å². The van der Waals surface area contributed by atoms with Crippen LogP contribution in [0.3, 0.4) is 0 Å². The molecule has 1 rings (SSSR count). The number of nitrogens with one attached hydrogen (secondary N) is 1. The molecule has 0 bridgehead atoms. The van der Waals surface area contributed by atoms with Gasteiger partial charge in [-0.15, -0.1) is 0 Å². The van der Waals surface area contributed by atoms with Gasteiger partial charge in [0.1, 0.15) is 5.82 Å².